The van der Waals surface area contributed by atoms with Crippen LogP contribution in [0.25, 0.3) is 0 Å². The van der Waals surface area contributed by atoms with E-state index in [0.717, 1.165) is 11.1 Å². The summed E-state index contributed by atoms with van der Waals surface area (Å²) in [4.78, 5) is 10.9. The predicted octanol–water partition coefficient (Wildman–Crippen LogP) is 2.08. The third-order valence-corrected chi connectivity index (χ3v) is 4.47. The highest BCUT2D eigenvalue weighted by molar-refractivity contribution is 7.89. The standard InChI is InChI=1S/C14H21NO4S/c1-10-7-11(2)9-13(8-10)20(18,19)15-6-4-5-12(3)14(16)17/h7-9,12,15H,4-6H2,1-3H3,(H,16,17). The summed E-state index contributed by atoms with van der Waals surface area (Å²) < 4.78 is 26.7. The lowest BCUT2D eigenvalue weighted by Gasteiger charge is -2.09. The molecule has 0 radical (unpaired) electrons. The molecule has 0 saturated carbocycles. The van der Waals surface area contributed by atoms with E-state index in [1.54, 1.807) is 19.1 Å². The molecular formula is C14H21NO4S. The molecule has 1 rings (SSSR count). The van der Waals surface area contributed by atoms with Crippen LogP contribution >= 0.6 is 0 Å². The highest BCUT2D eigenvalue weighted by Gasteiger charge is 2.15. The number of aliphatic carboxylic acids is 1. The van der Waals surface area contributed by atoms with Gasteiger partial charge in [-0.15, -0.1) is 0 Å². The van der Waals surface area contributed by atoms with E-state index in [1.165, 1.54) is 0 Å². The Bertz CT molecular complexity index is 561. The Hall–Kier alpha value is -1.40. The molecule has 2 N–H and O–H groups in total. The molecule has 0 fully saturated rings. The number of carbonyl (C=O) groups is 1. The highest BCUT2D eigenvalue weighted by atomic mass is 32.2. The summed E-state index contributed by atoms with van der Waals surface area (Å²) in [6, 6.07) is 5.15. The van der Waals surface area contributed by atoms with E-state index < -0.39 is 21.9 Å². The third-order valence-electron chi connectivity index (χ3n) is 3.03. The van der Waals surface area contributed by atoms with E-state index in [1.807, 2.05) is 19.9 Å². The van der Waals surface area contributed by atoms with Crippen LogP contribution in [0.5, 0.6) is 0 Å². The summed E-state index contributed by atoms with van der Waals surface area (Å²) in [7, 11) is -3.52. The van der Waals surface area contributed by atoms with Crippen LogP contribution in [-0.4, -0.2) is 26.0 Å². The van der Waals surface area contributed by atoms with Gasteiger partial charge in [0, 0.05) is 6.54 Å². The summed E-state index contributed by atoms with van der Waals surface area (Å²) in [5.74, 6) is -1.32. The van der Waals surface area contributed by atoms with Crippen molar-refractivity contribution in [2.45, 2.75) is 38.5 Å². The van der Waals surface area contributed by atoms with Gasteiger partial charge in [0.1, 0.15) is 0 Å². The maximum atomic E-state index is 12.1. The van der Waals surface area contributed by atoms with Gasteiger partial charge in [0.05, 0.1) is 10.8 Å². The summed E-state index contributed by atoms with van der Waals surface area (Å²) in [5.41, 5.74) is 1.79. The lowest BCUT2D eigenvalue weighted by Crippen LogP contribution is -2.25. The Morgan fingerprint density at radius 2 is 1.80 bits per heavy atom. The fraction of sp³-hybridized carbons (Fsp3) is 0.500. The number of carboxylic acid groups (broad SMARTS) is 1. The van der Waals surface area contributed by atoms with E-state index >= 15 is 0 Å². The molecule has 0 heterocycles. The zero-order valence-electron chi connectivity index (χ0n) is 12.0. The van der Waals surface area contributed by atoms with Gasteiger partial charge in [0.15, 0.2) is 0 Å². The van der Waals surface area contributed by atoms with Gasteiger partial charge in [-0.1, -0.05) is 13.0 Å². The van der Waals surface area contributed by atoms with Gasteiger partial charge in [-0.2, -0.15) is 0 Å². The van der Waals surface area contributed by atoms with Gasteiger partial charge in [0.25, 0.3) is 0 Å². The van der Waals surface area contributed by atoms with Crippen LogP contribution in [0, 0.1) is 19.8 Å². The largest absolute Gasteiger partial charge is 0.481 e. The topological polar surface area (TPSA) is 83.5 Å². The number of carboxylic acids is 1. The predicted molar refractivity (Wildman–Crippen MR) is 77.1 cm³/mol. The fourth-order valence-electron chi connectivity index (χ4n) is 1.91. The van der Waals surface area contributed by atoms with Crippen molar-refractivity contribution in [3.63, 3.8) is 0 Å². The molecule has 0 aliphatic carbocycles. The van der Waals surface area contributed by atoms with Gasteiger partial charge in [0.2, 0.25) is 10.0 Å². The Labute approximate surface area is 120 Å². The van der Waals surface area contributed by atoms with Gasteiger partial charge in [-0.3, -0.25) is 4.79 Å². The minimum Gasteiger partial charge on any atom is -0.481 e. The molecular weight excluding hydrogens is 278 g/mol. The van der Waals surface area contributed by atoms with Crippen LogP contribution in [0.3, 0.4) is 0 Å². The molecule has 1 aromatic carbocycles. The third kappa shape index (κ3) is 4.94. The highest BCUT2D eigenvalue weighted by Crippen LogP contribution is 2.14. The number of sulfonamides is 1. The first kappa shape index (κ1) is 16.7. The zero-order chi connectivity index (χ0) is 15.3. The smallest absolute Gasteiger partial charge is 0.306 e. The SMILES string of the molecule is Cc1cc(C)cc(S(=O)(=O)NCCCC(C)C(=O)O)c1. The molecule has 1 unspecified atom stereocenters. The lowest BCUT2D eigenvalue weighted by molar-refractivity contribution is -0.141. The Balaban J connectivity index is 2.60. The summed E-state index contributed by atoms with van der Waals surface area (Å²) >= 11 is 0. The van der Waals surface area contributed by atoms with Crippen molar-refractivity contribution >= 4 is 16.0 Å². The van der Waals surface area contributed by atoms with Crippen LogP contribution in [0.4, 0.5) is 0 Å². The summed E-state index contributed by atoms with van der Waals surface area (Å²) in [6.45, 7) is 5.55. The number of aryl methyl sites for hydroxylation is 2. The molecule has 0 aliphatic rings. The van der Waals surface area contributed by atoms with Crippen molar-refractivity contribution < 1.29 is 18.3 Å². The first-order valence-electron chi connectivity index (χ1n) is 6.53. The number of nitrogens with one attached hydrogen (secondary N) is 1. The van der Waals surface area contributed by atoms with E-state index in [9.17, 15) is 13.2 Å². The minimum atomic E-state index is -3.52. The second kappa shape index (κ2) is 6.85. The van der Waals surface area contributed by atoms with Crippen molar-refractivity contribution in [1.82, 2.24) is 4.72 Å². The minimum absolute atomic E-state index is 0.243. The molecule has 0 aliphatic heterocycles. The quantitative estimate of drug-likeness (QED) is 0.755. The van der Waals surface area contributed by atoms with Crippen molar-refractivity contribution in [1.29, 1.82) is 0 Å². The Morgan fingerprint density at radius 1 is 1.25 bits per heavy atom. The van der Waals surface area contributed by atoms with Gasteiger partial charge in [-0.25, -0.2) is 13.1 Å². The zero-order valence-corrected chi connectivity index (χ0v) is 12.8. The van der Waals surface area contributed by atoms with E-state index in [0.29, 0.717) is 12.8 Å². The van der Waals surface area contributed by atoms with Gasteiger partial charge < -0.3 is 5.11 Å². The molecule has 0 saturated heterocycles. The second-order valence-corrected chi connectivity index (χ2v) is 6.87. The molecule has 20 heavy (non-hydrogen) atoms. The number of benzene rings is 1. The average molecular weight is 299 g/mol. The monoisotopic (exact) mass is 299 g/mol. The van der Waals surface area contributed by atoms with Gasteiger partial charge >= 0.3 is 5.97 Å². The molecule has 1 atom stereocenters. The molecule has 112 valence electrons. The Morgan fingerprint density at radius 3 is 2.30 bits per heavy atom. The van der Waals surface area contributed by atoms with E-state index in [2.05, 4.69) is 4.72 Å². The second-order valence-electron chi connectivity index (χ2n) is 5.10. The molecule has 5 nitrogen and oxygen atoms in total. The van der Waals surface area contributed by atoms with Crippen molar-refractivity contribution in [2.75, 3.05) is 6.54 Å². The van der Waals surface area contributed by atoms with Crippen LogP contribution in [-0.2, 0) is 14.8 Å². The van der Waals surface area contributed by atoms with Crippen LogP contribution < -0.4 is 4.72 Å². The van der Waals surface area contributed by atoms with Crippen LogP contribution in [0.15, 0.2) is 23.1 Å². The van der Waals surface area contributed by atoms with E-state index in [4.69, 9.17) is 5.11 Å². The maximum Gasteiger partial charge on any atom is 0.306 e. The molecule has 6 heteroatoms. The number of hydrogen-bond acceptors (Lipinski definition) is 3. The van der Waals surface area contributed by atoms with E-state index in [-0.39, 0.29) is 11.4 Å². The molecule has 0 bridgehead atoms. The normalized spacial score (nSPS) is 13.2. The fourth-order valence-corrected chi connectivity index (χ4v) is 3.17. The molecule has 1 aromatic rings. The first-order chi connectivity index (χ1) is 9.22. The lowest BCUT2D eigenvalue weighted by atomic mass is 10.1. The Kier molecular flexibility index (Phi) is 5.71. The maximum absolute atomic E-state index is 12.1. The molecule has 0 spiro atoms. The number of hydrogen-bond donors (Lipinski definition) is 2. The van der Waals surface area contributed by atoms with Crippen molar-refractivity contribution in [3.8, 4) is 0 Å². The summed E-state index contributed by atoms with van der Waals surface area (Å²) in [6.07, 6.45) is 0.947. The summed E-state index contributed by atoms with van der Waals surface area (Å²) in [5, 5.41) is 8.74. The van der Waals surface area contributed by atoms with Crippen LogP contribution in [0.2, 0.25) is 0 Å². The van der Waals surface area contributed by atoms with Gasteiger partial charge in [-0.05, 0) is 49.9 Å². The van der Waals surface area contributed by atoms with Crippen molar-refractivity contribution in [2.24, 2.45) is 5.92 Å². The first-order valence-corrected chi connectivity index (χ1v) is 8.01. The van der Waals surface area contributed by atoms with Crippen LogP contribution in [0.1, 0.15) is 30.9 Å². The average Bonchev–Trinajstić information content (AvgIpc) is 2.33. The molecule has 0 amide bonds. The van der Waals surface area contributed by atoms with Crippen molar-refractivity contribution in [3.05, 3.63) is 29.3 Å². The molecule has 0 aromatic heterocycles. The number of rotatable bonds is 7.